The number of aliphatic hydroxyl groups is 1. The van der Waals surface area contributed by atoms with Crippen LogP contribution in [0.15, 0.2) is 18.2 Å². The van der Waals surface area contributed by atoms with Gasteiger partial charge in [-0.1, -0.05) is 17.7 Å². The first-order chi connectivity index (χ1) is 9.60. The predicted molar refractivity (Wildman–Crippen MR) is 76.6 cm³/mol. The molecule has 0 amide bonds. The van der Waals surface area contributed by atoms with Gasteiger partial charge in [-0.05, 0) is 30.5 Å². The van der Waals surface area contributed by atoms with Crippen LogP contribution in [-0.2, 0) is 6.54 Å². The van der Waals surface area contributed by atoms with Crippen LogP contribution in [0.25, 0.3) is 0 Å². The summed E-state index contributed by atoms with van der Waals surface area (Å²) in [6.45, 7) is 0.283. The molecule has 0 radical (unpaired) electrons. The fourth-order valence-corrected chi connectivity index (χ4v) is 2.27. The van der Waals surface area contributed by atoms with Gasteiger partial charge in [-0.2, -0.15) is 0 Å². The zero-order chi connectivity index (χ0) is 14.5. The second-order valence-corrected chi connectivity index (χ2v) is 5.40. The lowest BCUT2D eigenvalue weighted by molar-refractivity contribution is 0.153. The van der Waals surface area contributed by atoms with Crippen LogP contribution in [0.5, 0.6) is 0 Å². The van der Waals surface area contributed by atoms with Crippen molar-refractivity contribution in [2.24, 2.45) is 0 Å². The minimum atomic E-state index is -2.45. The van der Waals surface area contributed by atoms with Gasteiger partial charge in [0, 0.05) is 29.8 Å². The minimum absolute atomic E-state index is 0.167. The van der Waals surface area contributed by atoms with Gasteiger partial charge in [0.05, 0.1) is 13.2 Å². The third-order valence-electron chi connectivity index (χ3n) is 3.29. The Labute approximate surface area is 122 Å². The molecule has 1 aromatic rings. The van der Waals surface area contributed by atoms with Gasteiger partial charge in [0.25, 0.3) is 6.43 Å². The lowest BCUT2D eigenvalue weighted by Crippen LogP contribution is -2.31. The molecule has 1 aliphatic carbocycles. The topological polar surface area (TPSA) is 35.5 Å². The van der Waals surface area contributed by atoms with Crippen LogP contribution >= 0.6 is 11.6 Å². The number of benzene rings is 1. The SMILES string of the molecule is OCCN(CC(F)F)c1ccc(CNC2CC2)c(Cl)c1. The second-order valence-electron chi connectivity index (χ2n) is 4.99. The molecule has 2 N–H and O–H groups in total. The summed E-state index contributed by atoms with van der Waals surface area (Å²) < 4.78 is 25.0. The van der Waals surface area contributed by atoms with E-state index in [0.717, 1.165) is 5.56 Å². The van der Waals surface area contributed by atoms with E-state index in [2.05, 4.69) is 5.32 Å². The molecule has 20 heavy (non-hydrogen) atoms. The van der Waals surface area contributed by atoms with Crippen molar-refractivity contribution in [3.05, 3.63) is 28.8 Å². The molecule has 112 valence electrons. The van der Waals surface area contributed by atoms with Crippen LogP contribution in [0.3, 0.4) is 0 Å². The highest BCUT2D eigenvalue weighted by Crippen LogP contribution is 2.26. The summed E-state index contributed by atoms with van der Waals surface area (Å²) in [7, 11) is 0. The Bertz CT molecular complexity index is 441. The number of rotatable bonds is 8. The van der Waals surface area contributed by atoms with Gasteiger partial charge in [0.2, 0.25) is 0 Å². The molecule has 0 aliphatic heterocycles. The lowest BCUT2D eigenvalue weighted by Gasteiger charge is -2.24. The molecule has 6 heteroatoms. The molecule has 1 aliphatic rings. The van der Waals surface area contributed by atoms with Gasteiger partial charge in [-0.25, -0.2) is 8.78 Å². The van der Waals surface area contributed by atoms with E-state index < -0.39 is 13.0 Å². The summed E-state index contributed by atoms with van der Waals surface area (Å²) in [4.78, 5) is 1.44. The van der Waals surface area contributed by atoms with E-state index in [1.807, 2.05) is 6.07 Å². The van der Waals surface area contributed by atoms with E-state index in [4.69, 9.17) is 16.7 Å². The third kappa shape index (κ3) is 4.58. The van der Waals surface area contributed by atoms with Crippen LogP contribution < -0.4 is 10.2 Å². The maximum Gasteiger partial charge on any atom is 0.255 e. The highest BCUT2D eigenvalue weighted by molar-refractivity contribution is 6.31. The van der Waals surface area contributed by atoms with Gasteiger partial charge in [0.15, 0.2) is 0 Å². The predicted octanol–water partition coefficient (Wildman–Crippen LogP) is 2.66. The van der Waals surface area contributed by atoms with E-state index >= 15 is 0 Å². The first kappa shape index (κ1) is 15.5. The zero-order valence-corrected chi connectivity index (χ0v) is 11.9. The number of nitrogens with zero attached hydrogens (tertiary/aromatic N) is 1. The Kier molecular flexibility index (Phi) is 5.57. The van der Waals surface area contributed by atoms with E-state index in [1.165, 1.54) is 17.7 Å². The molecule has 0 atom stereocenters. The maximum atomic E-state index is 12.5. The van der Waals surface area contributed by atoms with Crippen molar-refractivity contribution < 1.29 is 13.9 Å². The van der Waals surface area contributed by atoms with Crippen LogP contribution in [-0.4, -0.2) is 37.3 Å². The smallest absolute Gasteiger partial charge is 0.255 e. The van der Waals surface area contributed by atoms with Crippen molar-refractivity contribution in [2.75, 3.05) is 24.6 Å². The standard InChI is InChI=1S/C14H19ClF2N2O/c15-13-7-12(19(5-6-20)9-14(16)17)4-1-10(13)8-18-11-2-3-11/h1,4,7,11,14,18,20H,2-3,5-6,8-9H2. The number of hydrogen-bond donors (Lipinski definition) is 2. The van der Waals surface area contributed by atoms with Crippen LogP contribution in [0.4, 0.5) is 14.5 Å². The van der Waals surface area contributed by atoms with E-state index in [0.29, 0.717) is 23.3 Å². The van der Waals surface area contributed by atoms with Crippen molar-refractivity contribution in [2.45, 2.75) is 31.9 Å². The van der Waals surface area contributed by atoms with Crippen molar-refractivity contribution >= 4 is 17.3 Å². The molecule has 0 saturated heterocycles. The maximum absolute atomic E-state index is 12.5. The van der Waals surface area contributed by atoms with Crippen LogP contribution in [0.1, 0.15) is 18.4 Å². The Morgan fingerprint density at radius 3 is 2.70 bits per heavy atom. The third-order valence-corrected chi connectivity index (χ3v) is 3.64. The summed E-state index contributed by atoms with van der Waals surface area (Å²) >= 11 is 6.20. The van der Waals surface area contributed by atoms with Crippen molar-refractivity contribution in [1.29, 1.82) is 0 Å². The molecular formula is C14H19ClF2N2O. The average Bonchev–Trinajstić information content (AvgIpc) is 3.20. The number of nitrogens with one attached hydrogen (secondary N) is 1. The van der Waals surface area contributed by atoms with Gasteiger partial charge >= 0.3 is 0 Å². The van der Waals surface area contributed by atoms with E-state index in [9.17, 15) is 8.78 Å². The molecule has 0 bridgehead atoms. The highest BCUT2D eigenvalue weighted by Gasteiger charge is 2.20. The first-order valence-electron chi connectivity index (χ1n) is 6.76. The van der Waals surface area contributed by atoms with E-state index in [-0.39, 0.29) is 13.2 Å². The fourth-order valence-electron chi connectivity index (χ4n) is 2.03. The average molecular weight is 305 g/mol. The Balaban J connectivity index is 2.03. The van der Waals surface area contributed by atoms with Crippen LogP contribution in [0.2, 0.25) is 5.02 Å². The number of aliphatic hydroxyl groups excluding tert-OH is 1. The molecule has 0 unspecified atom stereocenters. The second kappa shape index (κ2) is 7.20. The molecule has 3 nitrogen and oxygen atoms in total. The summed E-state index contributed by atoms with van der Waals surface area (Å²) in [5.74, 6) is 0. The van der Waals surface area contributed by atoms with Crippen molar-refractivity contribution in [1.82, 2.24) is 5.32 Å². The van der Waals surface area contributed by atoms with Gasteiger partial charge in [-0.15, -0.1) is 0 Å². The quantitative estimate of drug-likeness (QED) is 0.775. The molecule has 1 saturated carbocycles. The number of halogens is 3. The summed E-state index contributed by atoms with van der Waals surface area (Å²) in [6.07, 6.45) is -0.0422. The largest absolute Gasteiger partial charge is 0.395 e. The molecule has 0 aromatic heterocycles. The zero-order valence-electron chi connectivity index (χ0n) is 11.2. The Morgan fingerprint density at radius 2 is 2.15 bits per heavy atom. The van der Waals surface area contributed by atoms with E-state index in [1.54, 1.807) is 12.1 Å². The molecule has 2 rings (SSSR count). The Hall–Kier alpha value is -0.910. The van der Waals surface area contributed by atoms with Crippen molar-refractivity contribution in [3.63, 3.8) is 0 Å². The van der Waals surface area contributed by atoms with Gasteiger partial charge in [-0.3, -0.25) is 0 Å². The molecule has 0 heterocycles. The van der Waals surface area contributed by atoms with Crippen molar-refractivity contribution in [3.8, 4) is 0 Å². The molecule has 0 spiro atoms. The molecular weight excluding hydrogens is 286 g/mol. The molecule has 1 fully saturated rings. The number of alkyl halides is 2. The highest BCUT2D eigenvalue weighted by atomic mass is 35.5. The summed E-state index contributed by atoms with van der Waals surface area (Å²) in [5.41, 5.74) is 1.57. The van der Waals surface area contributed by atoms with Crippen LogP contribution in [0, 0.1) is 0 Å². The monoisotopic (exact) mass is 304 g/mol. The normalized spacial score (nSPS) is 14.8. The molecule has 1 aromatic carbocycles. The number of anilines is 1. The lowest BCUT2D eigenvalue weighted by atomic mass is 10.2. The fraction of sp³-hybridized carbons (Fsp3) is 0.571. The Morgan fingerprint density at radius 1 is 1.40 bits per heavy atom. The summed E-state index contributed by atoms with van der Waals surface area (Å²) in [6, 6.07) is 5.90. The van der Waals surface area contributed by atoms with Gasteiger partial charge < -0.3 is 15.3 Å². The summed E-state index contributed by atoms with van der Waals surface area (Å²) in [5, 5.41) is 12.9. The number of hydrogen-bond acceptors (Lipinski definition) is 3. The van der Waals surface area contributed by atoms with Gasteiger partial charge in [0.1, 0.15) is 0 Å². The minimum Gasteiger partial charge on any atom is -0.395 e. The first-order valence-corrected chi connectivity index (χ1v) is 7.13.